The van der Waals surface area contributed by atoms with Gasteiger partial charge in [0.15, 0.2) is 0 Å². The lowest BCUT2D eigenvalue weighted by Crippen LogP contribution is -2.20. The maximum Gasteiger partial charge on any atom is 0.127 e. The van der Waals surface area contributed by atoms with Gasteiger partial charge < -0.3 is 11.1 Å². The lowest BCUT2D eigenvalue weighted by atomic mass is 9.97. The Kier molecular flexibility index (Phi) is 3.95. The molecule has 2 rings (SSSR count). The Morgan fingerprint density at radius 1 is 1.11 bits per heavy atom. The van der Waals surface area contributed by atoms with Crippen LogP contribution >= 0.6 is 0 Å². The van der Waals surface area contributed by atoms with Gasteiger partial charge in [-0.15, -0.1) is 0 Å². The number of benzene rings is 2. The van der Waals surface area contributed by atoms with Crippen LogP contribution in [0.2, 0.25) is 0 Å². The van der Waals surface area contributed by atoms with Gasteiger partial charge in [-0.25, -0.2) is 4.39 Å². The molecule has 3 N–H and O–H groups in total. The quantitative estimate of drug-likeness (QED) is 0.812. The zero-order valence-electron chi connectivity index (χ0n) is 10.4. The Bertz CT molecular complexity index is 525. The second-order valence-corrected chi connectivity index (χ2v) is 4.27. The molecule has 3 heteroatoms. The Morgan fingerprint density at radius 3 is 2.44 bits per heavy atom. The van der Waals surface area contributed by atoms with Gasteiger partial charge in [-0.05, 0) is 31.2 Å². The average Bonchev–Trinajstić information content (AvgIpc) is 2.39. The number of hydrogen-bond acceptors (Lipinski definition) is 2. The number of nitrogens with two attached hydrogens (primary N) is 1. The van der Waals surface area contributed by atoms with Crippen molar-refractivity contribution in [3.05, 3.63) is 65.5 Å². The monoisotopic (exact) mass is 244 g/mol. The number of para-hydroxylation sites is 1. The molecule has 0 amide bonds. The van der Waals surface area contributed by atoms with E-state index in [0.29, 0.717) is 12.0 Å². The van der Waals surface area contributed by atoms with Crippen LogP contribution in [0.1, 0.15) is 17.2 Å². The van der Waals surface area contributed by atoms with Crippen LogP contribution in [-0.4, -0.2) is 7.05 Å². The predicted molar refractivity (Wildman–Crippen MR) is 72.8 cm³/mol. The van der Waals surface area contributed by atoms with Crippen LogP contribution < -0.4 is 11.1 Å². The molecule has 94 valence electrons. The molecule has 1 unspecified atom stereocenters. The summed E-state index contributed by atoms with van der Waals surface area (Å²) in [6.45, 7) is 0. The van der Waals surface area contributed by atoms with Gasteiger partial charge in [0, 0.05) is 17.3 Å². The summed E-state index contributed by atoms with van der Waals surface area (Å²) in [5.74, 6) is -0.189. The van der Waals surface area contributed by atoms with Gasteiger partial charge in [-0.2, -0.15) is 0 Å². The summed E-state index contributed by atoms with van der Waals surface area (Å²) in [5, 5.41) is 3.14. The molecule has 0 saturated carbocycles. The third kappa shape index (κ3) is 2.68. The molecule has 0 saturated heterocycles. The molecular formula is C15H17FN2. The third-order valence-corrected chi connectivity index (χ3v) is 3.11. The van der Waals surface area contributed by atoms with Gasteiger partial charge in [0.05, 0.1) is 0 Å². The van der Waals surface area contributed by atoms with E-state index in [1.165, 1.54) is 6.07 Å². The highest BCUT2D eigenvalue weighted by molar-refractivity contribution is 5.47. The van der Waals surface area contributed by atoms with Gasteiger partial charge in [0.25, 0.3) is 0 Å². The van der Waals surface area contributed by atoms with E-state index in [1.807, 2.05) is 37.4 Å². The molecule has 0 aliphatic rings. The first kappa shape index (κ1) is 12.6. The first-order chi connectivity index (χ1) is 8.72. The fraction of sp³-hybridized carbons (Fsp3) is 0.200. The number of nitrogens with one attached hydrogen (secondary N) is 1. The largest absolute Gasteiger partial charge is 0.399 e. The van der Waals surface area contributed by atoms with E-state index in [2.05, 4.69) is 5.32 Å². The number of halogens is 1. The van der Waals surface area contributed by atoms with Gasteiger partial charge in [0.1, 0.15) is 5.82 Å². The highest BCUT2D eigenvalue weighted by Gasteiger charge is 2.14. The minimum atomic E-state index is -0.189. The second kappa shape index (κ2) is 5.65. The molecule has 18 heavy (non-hydrogen) atoms. The summed E-state index contributed by atoms with van der Waals surface area (Å²) in [6, 6.07) is 14.4. The predicted octanol–water partition coefficient (Wildman–Crippen LogP) is 2.91. The molecular weight excluding hydrogens is 227 g/mol. The fourth-order valence-electron chi connectivity index (χ4n) is 2.07. The van der Waals surface area contributed by atoms with Crippen LogP contribution in [0.3, 0.4) is 0 Å². The van der Waals surface area contributed by atoms with E-state index in [4.69, 9.17) is 5.73 Å². The van der Waals surface area contributed by atoms with Crippen LogP contribution in [0.25, 0.3) is 0 Å². The standard InChI is InChI=1S/C15H17FN2/c1-18-15(12-7-3-4-8-13(12)16)10-11-6-2-5-9-14(11)17/h2-9,15,18H,10,17H2,1H3. The average molecular weight is 244 g/mol. The van der Waals surface area contributed by atoms with Crippen LogP contribution in [-0.2, 0) is 6.42 Å². The van der Waals surface area contributed by atoms with Crippen molar-refractivity contribution >= 4 is 5.69 Å². The van der Waals surface area contributed by atoms with Gasteiger partial charge in [-0.3, -0.25) is 0 Å². The molecule has 0 aliphatic carbocycles. The van der Waals surface area contributed by atoms with E-state index in [9.17, 15) is 4.39 Å². The summed E-state index contributed by atoms with van der Waals surface area (Å²) in [6.07, 6.45) is 0.671. The van der Waals surface area contributed by atoms with Gasteiger partial charge in [-0.1, -0.05) is 36.4 Å². The highest BCUT2D eigenvalue weighted by atomic mass is 19.1. The molecule has 0 heterocycles. The van der Waals surface area contributed by atoms with Crippen LogP contribution in [0.4, 0.5) is 10.1 Å². The number of hydrogen-bond donors (Lipinski definition) is 2. The van der Waals surface area contributed by atoms with E-state index in [1.54, 1.807) is 12.1 Å². The Morgan fingerprint density at radius 2 is 1.78 bits per heavy atom. The van der Waals surface area contributed by atoms with E-state index in [0.717, 1.165) is 11.3 Å². The summed E-state index contributed by atoms with van der Waals surface area (Å²) in [7, 11) is 1.83. The molecule has 2 nitrogen and oxygen atoms in total. The summed E-state index contributed by atoms with van der Waals surface area (Å²) < 4.78 is 13.8. The van der Waals surface area contributed by atoms with Crippen LogP contribution in [0.15, 0.2) is 48.5 Å². The number of likely N-dealkylation sites (N-methyl/N-ethyl adjacent to an activating group) is 1. The van der Waals surface area contributed by atoms with Crippen LogP contribution in [0, 0.1) is 5.82 Å². The van der Waals surface area contributed by atoms with Crippen molar-refractivity contribution in [2.24, 2.45) is 0 Å². The molecule has 0 radical (unpaired) electrons. The molecule has 0 aliphatic heterocycles. The molecule has 2 aromatic carbocycles. The Balaban J connectivity index is 2.26. The Hall–Kier alpha value is -1.87. The zero-order valence-corrected chi connectivity index (χ0v) is 10.4. The minimum Gasteiger partial charge on any atom is -0.399 e. The maximum atomic E-state index is 13.8. The Labute approximate surface area is 107 Å². The second-order valence-electron chi connectivity index (χ2n) is 4.27. The summed E-state index contributed by atoms with van der Waals surface area (Å²) >= 11 is 0. The molecule has 1 atom stereocenters. The number of nitrogen functional groups attached to an aromatic ring is 1. The molecule has 0 fully saturated rings. The fourth-order valence-corrected chi connectivity index (χ4v) is 2.07. The zero-order chi connectivity index (χ0) is 13.0. The topological polar surface area (TPSA) is 38.0 Å². The molecule has 0 spiro atoms. The van der Waals surface area contributed by atoms with Crippen molar-refractivity contribution in [3.63, 3.8) is 0 Å². The first-order valence-corrected chi connectivity index (χ1v) is 5.97. The summed E-state index contributed by atoms with van der Waals surface area (Å²) in [4.78, 5) is 0. The van der Waals surface area contributed by atoms with Crippen molar-refractivity contribution in [1.82, 2.24) is 5.32 Å². The lowest BCUT2D eigenvalue weighted by molar-refractivity contribution is 0.534. The first-order valence-electron chi connectivity index (χ1n) is 5.97. The number of rotatable bonds is 4. The van der Waals surface area contributed by atoms with E-state index < -0.39 is 0 Å². The van der Waals surface area contributed by atoms with E-state index in [-0.39, 0.29) is 11.9 Å². The van der Waals surface area contributed by atoms with Crippen molar-refractivity contribution < 1.29 is 4.39 Å². The van der Waals surface area contributed by atoms with Crippen molar-refractivity contribution in [3.8, 4) is 0 Å². The molecule has 0 aromatic heterocycles. The van der Waals surface area contributed by atoms with Crippen LogP contribution in [0.5, 0.6) is 0 Å². The van der Waals surface area contributed by atoms with Crippen molar-refractivity contribution in [2.75, 3.05) is 12.8 Å². The third-order valence-electron chi connectivity index (χ3n) is 3.11. The van der Waals surface area contributed by atoms with Gasteiger partial charge >= 0.3 is 0 Å². The molecule has 2 aromatic rings. The normalized spacial score (nSPS) is 12.3. The smallest absolute Gasteiger partial charge is 0.127 e. The minimum absolute atomic E-state index is 0.0732. The highest BCUT2D eigenvalue weighted by Crippen LogP contribution is 2.23. The number of anilines is 1. The lowest BCUT2D eigenvalue weighted by Gasteiger charge is -2.18. The molecule has 0 bridgehead atoms. The summed E-state index contributed by atoms with van der Waals surface area (Å²) in [5.41, 5.74) is 8.36. The van der Waals surface area contributed by atoms with Crippen molar-refractivity contribution in [1.29, 1.82) is 0 Å². The van der Waals surface area contributed by atoms with Crippen molar-refractivity contribution in [2.45, 2.75) is 12.5 Å². The maximum absolute atomic E-state index is 13.8. The SMILES string of the molecule is CNC(Cc1ccccc1N)c1ccccc1F. The van der Waals surface area contributed by atoms with E-state index >= 15 is 0 Å². The van der Waals surface area contributed by atoms with Gasteiger partial charge in [0.2, 0.25) is 0 Å².